The van der Waals surface area contributed by atoms with Crippen molar-refractivity contribution in [2.75, 3.05) is 5.32 Å². The summed E-state index contributed by atoms with van der Waals surface area (Å²) in [6, 6.07) is 9.34. The second kappa shape index (κ2) is 5.85. The third kappa shape index (κ3) is 2.61. The monoisotopic (exact) mass is 355 g/mol. The number of amides is 2. The third-order valence-corrected chi connectivity index (χ3v) is 5.98. The van der Waals surface area contributed by atoms with Crippen LogP contribution in [0.3, 0.4) is 0 Å². The van der Waals surface area contributed by atoms with Crippen molar-refractivity contribution in [3.05, 3.63) is 57.4 Å². The summed E-state index contributed by atoms with van der Waals surface area (Å²) in [5, 5.41) is 8.47. The molecule has 0 spiro atoms. The number of rotatable bonds is 3. The van der Waals surface area contributed by atoms with Gasteiger partial charge in [0, 0.05) is 17.8 Å². The van der Waals surface area contributed by atoms with Gasteiger partial charge >= 0.3 is 0 Å². The van der Waals surface area contributed by atoms with Gasteiger partial charge in [-0.05, 0) is 36.1 Å². The summed E-state index contributed by atoms with van der Waals surface area (Å²) in [6.07, 6.45) is 0. The van der Waals surface area contributed by atoms with Crippen molar-refractivity contribution in [2.45, 2.75) is 13.5 Å². The zero-order valence-electron chi connectivity index (χ0n) is 12.8. The molecule has 5 nitrogen and oxygen atoms in total. The highest BCUT2D eigenvalue weighted by molar-refractivity contribution is 7.22. The fourth-order valence-corrected chi connectivity index (χ4v) is 4.35. The summed E-state index contributed by atoms with van der Waals surface area (Å²) in [5.74, 6) is -0.304. The van der Waals surface area contributed by atoms with Gasteiger partial charge in [0.25, 0.3) is 11.8 Å². The van der Waals surface area contributed by atoms with E-state index in [9.17, 15) is 9.59 Å². The molecule has 4 rings (SSSR count). The number of hydrogen-bond donors (Lipinski definition) is 2. The number of nitrogens with zero attached hydrogens (tertiary/aromatic N) is 1. The second-order valence-electron chi connectivity index (χ2n) is 5.42. The van der Waals surface area contributed by atoms with Crippen molar-refractivity contribution >= 4 is 40.2 Å². The van der Waals surface area contributed by atoms with Crippen LogP contribution >= 0.6 is 22.7 Å². The molecule has 0 bridgehead atoms. The van der Waals surface area contributed by atoms with Crippen LogP contribution in [0.2, 0.25) is 0 Å². The summed E-state index contributed by atoms with van der Waals surface area (Å²) in [4.78, 5) is 30.4. The average molecular weight is 355 g/mol. The van der Waals surface area contributed by atoms with Gasteiger partial charge < -0.3 is 10.6 Å². The summed E-state index contributed by atoms with van der Waals surface area (Å²) < 4.78 is 0. The maximum absolute atomic E-state index is 12.6. The van der Waals surface area contributed by atoms with Crippen LogP contribution in [0.5, 0.6) is 0 Å². The van der Waals surface area contributed by atoms with Crippen LogP contribution in [0.1, 0.15) is 31.3 Å². The van der Waals surface area contributed by atoms with E-state index in [2.05, 4.69) is 15.6 Å². The van der Waals surface area contributed by atoms with Crippen LogP contribution in [0.15, 0.2) is 35.7 Å². The molecule has 1 aliphatic heterocycles. The Bertz CT molecular complexity index is 945. The van der Waals surface area contributed by atoms with Crippen LogP contribution in [-0.4, -0.2) is 16.8 Å². The Hall–Kier alpha value is -2.51. The van der Waals surface area contributed by atoms with E-state index in [4.69, 9.17) is 0 Å². The first kappa shape index (κ1) is 15.0. The topological polar surface area (TPSA) is 71.1 Å². The smallest absolute Gasteiger partial charge is 0.267 e. The Kier molecular flexibility index (Phi) is 3.66. The minimum absolute atomic E-state index is 0.102. The Balaban J connectivity index is 1.59. The van der Waals surface area contributed by atoms with Crippen molar-refractivity contribution in [3.63, 3.8) is 0 Å². The van der Waals surface area contributed by atoms with Gasteiger partial charge in [0.1, 0.15) is 9.88 Å². The molecule has 0 saturated heterocycles. The second-order valence-corrected chi connectivity index (χ2v) is 7.37. The first-order valence-corrected chi connectivity index (χ1v) is 9.05. The van der Waals surface area contributed by atoms with Crippen molar-refractivity contribution in [1.82, 2.24) is 10.3 Å². The molecule has 24 heavy (non-hydrogen) atoms. The number of thiazole rings is 1. The Labute approximate surface area is 146 Å². The molecule has 1 aliphatic rings. The van der Waals surface area contributed by atoms with E-state index in [0.29, 0.717) is 28.4 Å². The fourth-order valence-electron chi connectivity index (χ4n) is 2.59. The number of hydrogen-bond acceptors (Lipinski definition) is 5. The number of carbonyl (C=O) groups excluding carboxylic acids is 2. The Morgan fingerprint density at radius 2 is 2.21 bits per heavy atom. The largest absolute Gasteiger partial charge is 0.348 e. The van der Waals surface area contributed by atoms with E-state index >= 15 is 0 Å². The predicted molar refractivity (Wildman–Crippen MR) is 95.7 cm³/mol. The zero-order valence-corrected chi connectivity index (χ0v) is 14.4. The van der Waals surface area contributed by atoms with Crippen LogP contribution in [-0.2, 0) is 6.54 Å². The lowest BCUT2D eigenvalue weighted by Crippen LogP contribution is -2.13. The Morgan fingerprint density at radius 3 is 3.00 bits per heavy atom. The molecule has 2 amide bonds. The van der Waals surface area contributed by atoms with Gasteiger partial charge in [-0.2, -0.15) is 0 Å². The highest BCUT2D eigenvalue weighted by Gasteiger charge is 2.21. The summed E-state index contributed by atoms with van der Waals surface area (Å²) in [5.41, 5.74) is 2.89. The number of fused-ring (bicyclic) bond motifs is 1. The summed E-state index contributed by atoms with van der Waals surface area (Å²) in [6.45, 7) is 2.37. The lowest BCUT2D eigenvalue weighted by molar-refractivity contribution is 0.0964. The van der Waals surface area contributed by atoms with E-state index < -0.39 is 0 Å². The number of nitrogens with one attached hydrogen (secondary N) is 2. The van der Waals surface area contributed by atoms with Crippen LogP contribution in [0.25, 0.3) is 9.88 Å². The average Bonchev–Trinajstić information content (AvgIpc) is 3.28. The maximum Gasteiger partial charge on any atom is 0.267 e. The molecule has 7 heteroatoms. The highest BCUT2D eigenvalue weighted by atomic mass is 32.1. The van der Waals surface area contributed by atoms with Crippen molar-refractivity contribution in [1.29, 1.82) is 0 Å². The maximum atomic E-state index is 12.6. The van der Waals surface area contributed by atoms with E-state index in [1.165, 1.54) is 11.3 Å². The molecule has 120 valence electrons. The molecule has 2 N–H and O–H groups in total. The van der Waals surface area contributed by atoms with E-state index in [1.54, 1.807) is 17.4 Å². The fraction of sp³-hybridized carbons (Fsp3) is 0.118. The number of thiophene rings is 1. The molecule has 0 saturated carbocycles. The van der Waals surface area contributed by atoms with Gasteiger partial charge in [-0.15, -0.1) is 22.7 Å². The van der Waals surface area contributed by atoms with Crippen LogP contribution in [0, 0.1) is 6.92 Å². The lowest BCUT2D eigenvalue weighted by atomic mass is 10.1. The first-order valence-electron chi connectivity index (χ1n) is 7.35. The molecule has 0 unspecified atom stereocenters. The molecule has 0 fully saturated rings. The van der Waals surface area contributed by atoms with Gasteiger partial charge in [-0.3, -0.25) is 9.59 Å². The van der Waals surface area contributed by atoms with Gasteiger partial charge in [-0.25, -0.2) is 4.98 Å². The van der Waals surface area contributed by atoms with Crippen molar-refractivity contribution < 1.29 is 9.59 Å². The summed E-state index contributed by atoms with van der Waals surface area (Å²) in [7, 11) is 0. The van der Waals surface area contributed by atoms with E-state index in [-0.39, 0.29) is 11.8 Å². The van der Waals surface area contributed by atoms with Crippen molar-refractivity contribution in [2.24, 2.45) is 0 Å². The van der Waals surface area contributed by atoms with E-state index in [0.717, 1.165) is 15.4 Å². The summed E-state index contributed by atoms with van der Waals surface area (Å²) >= 11 is 2.98. The molecular weight excluding hydrogens is 342 g/mol. The molecular formula is C17H13N3O2S2. The standard InChI is InChI=1S/C17H13N3O2S2/c1-9-14(24-17(19-9)13-3-2-6-23-13)16(22)20-11-5-4-10-8-18-15(21)12(10)7-11/h2-7H,8H2,1H3,(H,18,21)(H,20,22). The SMILES string of the molecule is Cc1nc(-c2cccs2)sc1C(=O)Nc1ccc2c(c1)C(=O)NC2. The van der Waals surface area contributed by atoms with Gasteiger partial charge in [0.2, 0.25) is 0 Å². The van der Waals surface area contributed by atoms with Gasteiger partial charge in [0.05, 0.1) is 10.6 Å². The highest BCUT2D eigenvalue weighted by Crippen LogP contribution is 2.31. The molecule has 3 heterocycles. The molecule has 0 aliphatic carbocycles. The number of benzene rings is 1. The zero-order chi connectivity index (χ0) is 16.7. The predicted octanol–water partition coefficient (Wildman–Crippen LogP) is 3.68. The first-order chi connectivity index (χ1) is 11.6. The third-order valence-electron chi connectivity index (χ3n) is 3.79. The molecule has 1 aromatic carbocycles. The molecule has 0 radical (unpaired) electrons. The number of aromatic nitrogens is 1. The van der Waals surface area contributed by atoms with Gasteiger partial charge in [0.15, 0.2) is 0 Å². The molecule has 3 aromatic rings. The van der Waals surface area contributed by atoms with Crippen LogP contribution in [0.4, 0.5) is 5.69 Å². The number of anilines is 1. The van der Waals surface area contributed by atoms with Crippen LogP contribution < -0.4 is 10.6 Å². The molecule has 2 aromatic heterocycles. The number of carbonyl (C=O) groups is 2. The van der Waals surface area contributed by atoms with E-state index in [1.807, 2.05) is 36.6 Å². The quantitative estimate of drug-likeness (QED) is 0.753. The van der Waals surface area contributed by atoms with Crippen molar-refractivity contribution in [3.8, 4) is 9.88 Å². The van der Waals surface area contributed by atoms with Gasteiger partial charge in [-0.1, -0.05) is 12.1 Å². The Morgan fingerprint density at radius 1 is 1.33 bits per heavy atom. The minimum Gasteiger partial charge on any atom is -0.348 e. The minimum atomic E-state index is -0.203. The lowest BCUT2D eigenvalue weighted by Gasteiger charge is -2.05. The molecule has 0 atom stereocenters. The normalized spacial score (nSPS) is 12.8. The number of aryl methyl sites for hydroxylation is 1.